The van der Waals surface area contributed by atoms with Crippen LogP contribution in [0.5, 0.6) is 5.75 Å². The molecule has 3 rings (SSSR count). The molecule has 0 unspecified atom stereocenters. The molecule has 1 atom stereocenters. The first-order valence-electron chi connectivity index (χ1n) is 13.0. The zero-order valence-corrected chi connectivity index (χ0v) is 23.4. The number of rotatable bonds is 13. The molecular weight excluding hydrogens is 524 g/mol. The highest BCUT2D eigenvalue weighted by molar-refractivity contribution is 7.92. The van der Waals surface area contributed by atoms with E-state index >= 15 is 0 Å². The number of non-ortho nitro benzene ring substituents is 1. The van der Waals surface area contributed by atoms with E-state index in [2.05, 4.69) is 5.32 Å². The molecule has 1 aliphatic carbocycles. The number of sulfonamides is 1. The standard InChI is InChI=1S/C27H36N4O7S/c1-4-23(27(33)28-21-12-8-9-13-21)29(17-16-20-10-6-5-7-11-20)26(32)19-30(39(3,36)37)24-18-22(31(34)35)14-15-25(24)38-2/h5-7,10-11,14-15,18,21,23H,4,8-9,12-13,16-17,19H2,1-3H3,(H,28,33)/t23-/m0/s1. The maximum Gasteiger partial charge on any atom is 0.271 e. The van der Waals surface area contributed by atoms with E-state index in [0.29, 0.717) is 12.8 Å². The summed E-state index contributed by atoms with van der Waals surface area (Å²) in [6, 6.07) is 12.3. The van der Waals surface area contributed by atoms with Crippen LogP contribution >= 0.6 is 0 Å². The number of carbonyl (C=O) groups is 2. The Kier molecular flexibility index (Phi) is 10.3. The molecule has 0 aromatic heterocycles. The molecule has 0 bridgehead atoms. The summed E-state index contributed by atoms with van der Waals surface area (Å²) in [5, 5.41) is 14.5. The van der Waals surface area contributed by atoms with Crippen molar-refractivity contribution in [3.63, 3.8) is 0 Å². The molecule has 0 heterocycles. The average molecular weight is 561 g/mol. The van der Waals surface area contributed by atoms with E-state index in [0.717, 1.165) is 47.9 Å². The SMILES string of the molecule is CC[C@@H](C(=O)NC1CCCC1)N(CCc1ccccc1)C(=O)CN(c1cc([N+](=O)[O-])ccc1OC)S(C)(=O)=O. The largest absolute Gasteiger partial charge is 0.495 e. The van der Waals surface area contributed by atoms with Crippen molar-refractivity contribution >= 4 is 33.2 Å². The summed E-state index contributed by atoms with van der Waals surface area (Å²) in [5.41, 5.74) is 0.478. The fourth-order valence-corrected chi connectivity index (χ4v) is 5.69. The van der Waals surface area contributed by atoms with Gasteiger partial charge in [-0.2, -0.15) is 0 Å². The van der Waals surface area contributed by atoms with E-state index < -0.39 is 33.4 Å². The van der Waals surface area contributed by atoms with Gasteiger partial charge >= 0.3 is 0 Å². The van der Waals surface area contributed by atoms with Crippen LogP contribution in [-0.2, 0) is 26.0 Å². The molecule has 1 N–H and O–H groups in total. The van der Waals surface area contributed by atoms with Crippen molar-refractivity contribution in [1.82, 2.24) is 10.2 Å². The van der Waals surface area contributed by atoms with Gasteiger partial charge in [0, 0.05) is 24.7 Å². The number of nitrogens with zero attached hydrogens (tertiary/aromatic N) is 3. The van der Waals surface area contributed by atoms with Gasteiger partial charge in [0.1, 0.15) is 24.0 Å². The van der Waals surface area contributed by atoms with Crippen LogP contribution in [0.25, 0.3) is 0 Å². The fraction of sp³-hybridized carbons (Fsp3) is 0.481. The first kappa shape index (κ1) is 29.9. The number of amides is 2. The van der Waals surface area contributed by atoms with E-state index in [1.807, 2.05) is 30.3 Å². The maximum atomic E-state index is 13.8. The highest BCUT2D eigenvalue weighted by Crippen LogP contribution is 2.34. The lowest BCUT2D eigenvalue weighted by atomic mass is 10.1. The molecule has 0 spiro atoms. The average Bonchev–Trinajstić information content (AvgIpc) is 3.42. The molecule has 1 aliphatic rings. The van der Waals surface area contributed by atoms with Crippen molar-refractivity contribution in [2.24, 2.45) is 0 Å². The van der Waals surface area contributed by atoms with Crippen LogP contribution in [0.3, 0.4) is 0 Å². The Hall–Kier alpha value is -3.67. The third-order valence-electron chi connectivity index (χ3n) is 6.89. The Labute approximate surface area is 229 Å². The summed E-state index contributed by atoms with van der Waals surface area (Å²) in [6.07, 6.45) is 5.54. The van der Waals surface area contributed by atoms with Crippen molar-refractivity contribution in [2.75, 3.05) is 30.8 Å². The van der Waals surface area contributed by atoms with Crippen LogP contribution in [0.4, 0.5) is 11.4 Å². The molecule has 39 heavy (non-hydrogen) atoms. The number of carbonyl (C=O) groups excluding carboxylic acids is 2. The molecule has 0 radical (unpaired) electrons. The molecule has 2 aromatic rings. The third-order valence-corrected chi connectivity index (χ3v) is 8.02. The summed E-state index contributed by atoms with van der Waals surface area (Å²) < 4.78 is 31.8. The van der Waals surface area contributed by atoms with Gasteiger partial charge in [0.05, 0.1) is 18.3 Å². The number of ether oxygens (including phenoxy) is 1. The molecule has 1 fully saturated rings. The fourth-order valence-electron chi connectivity index (χ4n) is 4.85. The van der Waals surface area contributed by atoms with Gasteiger partial charge < -0.3 is 15.0 Å². The van der Waals surface area contributed by atoms with E-state index in [4.69, 9.17) is 4.74 Å². The maximum absolute atomic E-state index is 13.8. The number of nitro benzene ring substituents is 1. The lowest BCUT2D eigenvalue weighted by Crippen LogP contribution is -2.54. The van der Waals surface area contributed by atoms with Crippen LogP contribution in [0, 0.1) is 10.1 Å². The quantitative estimate of drug-likeness (QED) is 0.293. The van der Waals surface area contributed by atoms with Gasteiger partial charge in [0.25, 0.3) is 5.69 Å². The minimum Gasteiger partial charge on any atom is -0.495 e. The zero-order chi connectivity index (χ0) is 28.6. The zero-order valence-electron chi connectivity index (χ0n) is 22.5. The van der Waals surface area contributed by atoms with Crippen LogP contribution in [-0.4, -0.2) is 68.6 Å². The summed E-state index contributed by atoms with van der Waals surface area (Å²) in [6.45, 7) is 1.33. The van der Waals surface area contributed by atoms with E-state index in [1.54, 1.807) is 6.92 Å². The first-order valence-corrected chi connectivity index (χ1v) is 14.8. The third kappa shape index (κ3) is 7.92. The van der Waals surface area contributed by atoms with Crippen molar-refractivity contribution in [2.45, 2.75) is 57.5 Å². The topological polar surface area (TPSA) is 139 Å². The van der Waals surface area contributed by atoms with Gasteiger partial charge in [0.15, 0.2) is 0 Å². The van der Waals surface area contributed by atoms with Crippen molar-refractivity contribution in [1.29, 1.82) is 0 Å². The Morgan fingerprint density at radius 1 is 1.15 bits per heavy atom. The second-order valence-electron chi connectivity index (χ2n) is 9.62. The van der Waals surface area contributed by atoms with Gasteiger partial charge in [-0.3, -0.25) is 24.0 Å². The second-order valence-corrected chi connectivity index (χ2v) is 11.5. The van der Waals surface area contributed by atoms with Gasteiger partial charge in [-0.15, -0.1) is 0 Å². The Morgan fingerprint density at radius 3 is 2.38 bits per heavy atom. The number of nitro groups is 1. The highest BCUT2D eigenvalue weighted by atomic mass is 32.2. The highest BCUT2D eigenvalue weighted by Gasteiger charge is 2.34. The number of anilines is 1. The van der Waals surface area contributed by atoms with Crippen LogP contribution < -0.4 is 14.4 Å². The number of nitrogens with one attached hydrogen (secondary N) is 1. The molecule has 1 saturated carbocycles. The summed E-state index contributed by atoms with van der Waals surface area (Å²) in [5.74, 6) is -0.816. The number of hydrogen-bond donors (Lipinski definition) is 1. The number of benzene rings is 2. The molecule has 0 aliphatic heterocycles. The van der Waals surface area contributed by atoms with Crippen molar-refractivity contribution in [3.05, 3.63) is 64.2 Å². The molecular formula is C27H36N4O7S. The Morgan fingerprint density at radius 2 is 1.82 bits per heavy atom. The summed E-state index contributed by atoms with van der Waals surface area (Å²) in [4.78, 5) is 39.3. The Bertz CT molecular complexity index is 1260. The number of hydrogen-bond acceptors (Lipinski definition) is 7. The summed E-state index contributed by atoms with van der Waals surface area (Å²) >= 11 is 0. The van der Waals surface area contributed by atoms with Gasteiger partial charge in [0.2, 0.25) is 21.8 Å². The van der Waals surface area contributed by atoms with E-state index in [1.165, 1.54) is 24.1 Å². The summed E-state index contributed by atoms with van der Waals surface area (Å²) in [7, 11) is -2.77. The smallest absolute Gasteiger partial charge is 0.271 e. The Balaban J connectivity index is 1.95. The second kappa shape index (κ2) is 13.4. The molecule has 12 heteroatoms. The van der Waals surface area contributed by atoms with Crippen LogP contribution in [0.2, 0.25) is 0 Å². The lowest BCUT2D eigenvalue weighted by Gasteiger charge is -2.33. The molecule has 2 aromatic carbocycles. The van der Waals surface area contributed by atoms with E-state index in [-0.39, 0.29) is 35.6 Å². The molecule has 0 saturated heterocycles. The number of methoxy groups -OCH3 is 1. The molecule has 11 nitrogen and oxygen atoms in total. The monoisotopic (exact) mass is 560 g/mol. The van der Waals surface area contributed by atoms with Crippen molar-refractivity contribution in [3.8, 4) is 5.75 Å². The molecule has 2 amide bonds. The molecule has 212 valence electrons. The minimum absolute atomic E-state index is 0.0549. The van der Waals surface area contributed by atoms with Gasteiger partial charge in [-0.05, 0) is 37.3 Å². The van der Waals surface area contributed by atoms with Crippen LogP contribution in [0.1, 0.15) is 44.6 Å². The lowest BCUT2D eigenvalue weighted by molar-refractivity contribution is -0.384. The van der Waals surface area contributed by atoms with Crippen molar-refractivity contribution < 1.29 is 27.7 Å². The normalized spacial score (nSPS) is 14.4. The predicted octanol–water partition coefficient (Wildman–Crippen LogP) is 3.28. The van der Waals surface area contributed by atoms with Crippen LogP contribution in [0.15, 0.2) is 48.5 Å². The van der Waals surface area contributed by atoms with Gasteiger partial charge in [-0.25, -0.2) is 8.42 Å². The minimum atomic E-state index is -4.08. The van der Waals surface area contributed by atoms with E-state index in [9.17, 15) is 28.1 Å². The predicted molar refractivity (Wildman–Crippen MR) is 148 cm³/mol. The van der Waals surface area contributed by atoms with Gasteiger partial charge in [-0.1, -0.05) is 50.1 Å². The first-order chi connectivity index (χ1) is 18.5.